The van der Waals surface area contributed by atoms with Gasteiger partial charge in [-0.1, -0.05) is 32.6 Å². The van der Waals surface area contributed by atoms with Gasteiger partial charge in [0.05, 0.1) is 7.11 Å². The number of unbranched alkanes of at least 4 members (excludes halogenated alkanes) is 4. The zero-order valence-electron chi connectivity index (χ0n) is 13.3. The summed E-state index contributed by atoms with van der Waals surface area (Å²) in [4.78, 5) is 33.2. The van der Waals surface area contributed by atoms with E-state index in [1.54, 1.807) is 19.0 Å². The smallest absolute Gasteiger partial charge is 0.303 e. The van der Waals surface area contributed by atoms with E-state index in [1.165, 1.54) is 26.4 Å². The summed E-state index contributed by atoms with van der Waals surface area (Å²) >= 11 is 0. The largest absolute Gasteiger partial charge is 0.491 e. The summed E-state index contributed by atoms with van der Waals surface area (Å²) in [7, 11) is 4.76. The third-order valence-corrected chi connectivity index (χ3v) is 2.99. The molecule has 1 aromatic carbocycles. The highest BCUT2D eigenvalue weighted by Crippen LogP contribution is 2.18. The van der Waals surface area contributed by atoms with Gasteiger partial charge in [-0.2, -0.15) is 0 Å². The fourth-order valence-corrected chi connectivity index (χ4v) is 1.83. The molecule has 1 N–H and O–H groups in total. The molecule has 0 aromatic heterocycles. The lowest BCUT2D eigenvalue weighted by atomic mass is 10.1. The Balaban J connectivity index is 0.000000384. The van der Waals surface area contributed by atoms with Gasteiger partial charge in [0.15, 0.2) is 5.75 Å². The van der Waals surface area contributed by atoms with Crippen LogP contribution in [0.1, 0.15) is 45.4 Å². The molecule has 0 heterocycles. The SMILES string of the molecule is CCCCCCCC(=O)O.COc1c(N(C)C)c(=O)c1=O. The predicted octanol–water partition coefficient (Wildman–Crippen LogP) is 1.79. The number of aliphatic carboxylic acids is 1. The van der Waals surface area contributed by atoms with Crippen molar-refractivity contribution in [3.63, 3.8) is 0 Å². The van der Waals surface area contributed by atoms with E-state index in [0.717, 1.165) is 12.8 Å². The Morgan fingerprint density at radius 3 is 2.05 bits per heavy atom. The molecule has 21 heavy (non-hydrogen) atoms. The van der Waals surface area contributed by atoms with Crippen LogP contribution in [0, 0.1) is 0 Å². The average Bonchev–Trinajstić information content (AvgIpc) is 2.43. The van der Waals surface area contributed by atoms with Crippen molar-refractivity contribution < 1.29 is 14.6 Å². The number of carbonyl (C=O) groups is 1. The van der Waals surface area contributed by atoms with Crippen molar-refractivity contribution in [3.8, 4) is 5.75 Å². The fourth-order valence-electron chi connectivity index (χ4n) is 1.83. The first-order chi connectivity index (χ1) is 9.86. The average molecular weight is 299 g/mol. The molecule has 0 fully saturated rings. The van der Waals surface area contributed by atoms with Gasteiger partial charge < -0.3 is 14.7 Å². The maximum Gasteiger partial charge on any atom is 0.303 e. The van der Waals surface area contributed by atoms with E-state index < -0.39 is 16.8 Å². The summed E-state index contributed by atoms with van der Waals surface area (Å²) in [6.07, 6.45) is 5.88. The molecule has 0 radical (unpaired) electrons. The second-order valence-corrected chi connectivity index (χ2v) is 4.99. The van der Waals surface area contributed by atoms with Crippen LogP contribution in [-0.4, -0.2) is 32.3 Å². The van der Waals surface area contributed by atoms with Gasteiger partial charge in [0.25, 0.3) is 10.9 Å². The molecule has 1 aromatic rings. The van der Waals surface area contributed by atoms with Crippen LogP contribution in [0.25, 0.3) is 0 Å². The number of carboxylic acid groups (broad SMARTS) is 1. The van der Waals surface area contributed by atoms with Crippen molar-refractivity contribution in [3.05, 3.63) is 20.4 Å². The van der Waals surface area contributed by atoms with Crippen molar-refractivity contribution in [2.75, 3.05) is 26.1 Å². The van der Waals surface area contributed by atoms with Crippen molar-refractivity contribution in [2.24, 2.45) is 0 Å². The van der Waals surface area contributed by atoms with Gasteiger partial charge in [-0.25, -0.2) is 0 Å². The van der Waals surface area contributed by atoms with E-state index in [0.29, 0.717) is 12.1 Å². The Kier molecular flexibility index (Phi) is 9.08. The van der Waals surface area contributed by atoms with E-state index in [2.05, 4.69) is 6.92 Å². The van der Waals surface area contributed by atoms with Gasteiger partial charge in [-0.05, 0) is 6.42 Å². The Hall–Kier alpha value is -1.85. The number of anilines is 1. The lowest BCUT2D eigenvalue weighted by Gasteiger charge is -2.16. The van der Waals surface area contributed by atoms with Gasteiger partial charge >= 0.3 is 5.97 Å². The van der Waals surface area contributed by atoms with Crippen LogP contribution in [0.2, 0.25) is 0 Å². The van der Waals surface area contributed by atoms with Crippen LogP contribution >= 0.6 is 0 Å². The minimum atomic E-state index is -0.670. The number of carboxylic acids is 1. The quantitative estimate of drug-likeness (QED) is 0.582. The molecule has 6 heteroatoms. The molecular weight excluding hydrogens is 274 g/mol. The highest BCUT2D eigenvalue weighted by atomic mass is 16.5. The molecule has 0 bridgehead atoms. The molecular formula is C15H25NO5. The number of methoxy groups -OCH3 is 1. The number of hydrogen-bond acceptors (Lipinski definition) is 5. The lowest BCUT2D eigenvalue weighted by molar-refractivity contribution is -0.137. The first kappa shape index (κ1) is 19.1. The zero-order valence-corrected chi connectivity index (χ0v) is 13.3. The molecule has 0 unspecified atom stereocenters. The molecule has 0 spiro atoms. The topological polar surface area (TPSA) is 83.9 Å². The van der Waals surface area contributed by atoms with E-state index >= 15 is 0 Å². The van der Waals surface area contributed by atoms with Crippen LogP contribution in [-0.2, 0) is 4.79 Å². The Morgan fingerprint density at radius 1 is 1.10 bits per heavy atom. The lowest BCUT2D eigenvalue weighted by Crippen LogP contribution is -2.38. The molecule has 0 aliphatic carbocycles. The highest BCUT2D eigenvalue weighted by Gasteiger charge is 2.22. The van der Waals surface area contributed by atoms with Crippen LogP contribution in [0.15, 0.2) is 9.59 Å². The summed E-state index contributed by atoms with van der Waals surface area (Å²) in [6, 6.07) is 0. The number of nitrogens with zero attached hydrogens (tertiary/aromatic N) is 1. The van der Waals surface area contributed by atoms with Gasteiger partial charge in [0.1, 0.15) is 5.69 Å². The molecule has 0 saturated heterocycles. The second kappa shape index (κ2) is 9.96. The van der Waals surface area contributed by atoms with Gasteiger partial charge in [-0.15, -0.1) is 0 Å². The van der Waals surface area contributed by atoms with Crippen molar-refractivity contribution in [2.45, 2.75) is 45.4 Å². The van der Waals surface area contributed by atoms with Crippen molar-refractivity contribution in [1.29, 1.82) is 0 Å². The Bertz CT molecular complexity index is 500. The van der Waals surface area contributed by atoms with Gasteiger partial charge in [0, 0.05) is 20.5 Å². The maximum absolute atomic E-state index is 10.8. The van der Waals surface area contributed by atoms with E-state index in [-0.39, 0.29) is 5.75 Å². The minimum absolute atomic E-state index is 0.167. The first-order valence-corrected chi connectivity index (χ1v) is 7.13. The molecule has 120 valence electrons. The molecule has 0 atom stereocenters. The molecule has 0 amide bonds. The number of hydrogen-bond donors (Lipinski definition) is 1. The zero-order chi connectivity index (χ0) is 16.4. The van der Waals surface area contributed by atoms with E-state index in [4.69, 9.17) is 9.84 Å². The summed E-state index contributed by atoms with van der Waals surface area (Å²) < 4.78 is 4.71. The van der Waals surface area contributed by atoms with Crippen molar-refractivity contribution in [1.82, 2.24) is 0 Å². The Labute approximate surface area is 125 Å². The van der Waals surface area contributed by atoms with Crippen LogP contribution in [0.3, 0.4) is 0 Å². The van der Waals surface area contributed by atoms with Crippen LogP contribution in [0.4, 0.5) is 5.69 Å². The summed E-state index contributed by atoms with van der Waals surface area (Å²) in [5.74, 6) is -0.503. The highest BCUT2D eigenvalue weighted by molar-refractivity contribution is 5.66. The van der Waals surface area contributed by atoms with Gasteiger partial charge in [-0.3, -0.25) is 14.4 Å². The van der Waals surface area contributed by atoms with E-state index in [9.17, 15) is 14.4 Å². The normalized spacial score (nSPS) is 9.90. The third-order valence-electron chi connectivity index (χ3n) is 2.99. The standard InChI is InChI=1S/C8H16O2.C7H9NO3/c1-2-3-4-5-6-7-8(9)10;1-8(2)4-5(9)6(10)7(4)11-3/h2-7H2,1H3,(H,9,10);1-3H3. The predicted molar refractivity (Wildman–Crippen MR) is 83.2 cm³/mol. The minimum Gasteiger partial charge on any atom is -0.491 e. The molecule has 1 rings (SSSR count). The Morgan fingerprint density at radius 2 is 1.67 bits per heavy atom. The van der Waals surface area contributed by atoms with Crippen LogP contribution in [0.5, 0.6) is 5.75 Å². The number of rotatable bonds is 8. The van der Waals surface area contributed by atoms with Crippen molar-refractivity contribution >= 4 is 11.7 Å². The molecule has 0 saturated carbocycles. The molecule has 6 nitrogen and oxygen atoms in total. The third kappa shape index (κ3) is 6.42. The summed E-state index contributed by atoms with van der Waals surface area (Å²) in [5.41, 5.74) is -0.638. The second-order valence-electron chi connectivity index (χ2n) is 4.99. The first-order valence-electron chi connectivity index (χ1n) is 7.13. The molecule has 0 aliphatic rings. The van der Waals surface area contributed by atoms with Crippen LogP contribution < -0.4 is 20.5 Å². The summed E-state index contributed by atoms with van der Waals surface area (Å²) in [6.45, 7) is 2.15. The summed E-state index contributed by atoms with van der Waals surface area (Å²) in [5, 5.41) is 8.27. The fraction of sp³-hybridized carbons (Fsp3) is 0.667. The maximum atomic E-state index is 10.8. The van der Waals surface area contributed by atoms with Gasteiger partial charge in [0.2, 0.25) is 0 Å². The molecule has 0 aliphatic heterocycles. The number of ether oxygens (including phenoxy) is 1. The monoisotopic (exact) mass is 299 g/mol. The van der Waals surface area contributed by atoms with E-state index in [1.807, 2.05) is 0 Å².